The van der Waals surface area contributed by atoms with Crippen LogP contribution in [-0.2, 0) is 9.53 Å². The summed E-state index contributed by atoms with van der Waals surface area (Å²) in [4.78, 5) is 12.6. The number of hydrogen-bond donors (Lipinski definition) is 0. The van der Waals surface area contributed by atoms with Gasteiger partial charge in [0.25, 0.3) is 5.71 Å². The van der Waals surface area contributed by atoms with E-state index in [1.165, 1.54) is 80.1 Å². The van der Waals surface area contributed by atoms with Gasteiger partial charge in [-0.1, -0.05) is 106 Å². The molecule has 242 valence electrons. The van der Waals surface area contributed by atoms with E-state index in [1.54, 1.807) is 0 Å². The van der Waals surface area contributed by atoms with Crippen molar-refractivity contribution in [2.75, 3.05) is 20.7 Å². The van der Waals surface area contributed by atoms with Crippen LogP contribution in [0.25, 0.3) is 0 Å². The third-order valence-corrected chi connectivity index (χ3v) is 11.1. The van der Waals surface area contributed by atoms with E-state index in [1.807, 2.05) is 0 Å². The summed E-state index contributed by atoms with van der Waals surface area (Å²) in [6.45, 7) is 5.39. The Morgan fingerprint density at radius 2 is 1.70 bits per heavy atom. The molecule has 0 aromatic rings. The van der Waals surface area contributed by atoms with Gasteiger partial charge >= 0.3 is 5.97 Å². The van der Waals surface area contributed by atoms with Crippen molar-refractivity contribution >= 4 is 17.4 Å². The minimum absolute atomic E-state index is 0.198. The largest absolute Gasteiger partial charge is 0.461 e. The Labute approximate surface area is 277 Å². The van der Waals surface area contributed by atoms with Crippen molar-refractivity contribution < 1.29 is 18.7 Å². The van der Waals surface area contributed by atoms with E-state index < -0.39 is 0 Å². The highest BCUT2D eigenvalue weighted by atomic mass is 16.5. The van der Waals surface area contributed by atoms with Crippen LogP contribution in [0, 0.1) is 35.5 Å². The summed E-state index contributed by atoms with van der Waals surface area (Å²) in [5.74, 6) is 2.23. The standard InChI is InChI=1S/C42H54N2O2/c1-5-7-9-13-30-18-20-33-32(29-30)19-21-36-35(33)22-23-39-37(36)24-27-43(3)41(39)38-16-12-15-31(14-8-6-2)34(38)25-28-44-26-11-10-17-40(44)42(45)46-4/h11-12,15-16,18-24,26-27,29,31-34,37,39H,5-10,13-14,17,25,28H2,1-4H3/q+2. The van der Waals surface area contributed by atoms with Gasteiger partial charge in [-0.15, -0.1) is 0 Å². The molecule has 0 N–H and O–H groups in total. The Morgan fingerprint density at radius 1 is 0.891 bits per heavy atom. The maximum Gasteiger partial charge on any atom is 0.398 e. The second kappa shape index (κ2) is 14.9. The molecule has 0 aromatic heterocycles. The highest BCUT2D eigenvalue weighted by Crippen LogP contribution is 2.47. The van der Waals surface area contributed by atoms with Crippen LogP contribution in [0.15, 0.2) is 108 Å². The van der Waals surface area contributed by atoms with Gasteiger partial charge in [-0.25, -0.2) is 9.37 Å². The summed E-state index contributed by atoms with van der Waals surface area (Å²) < 4.78 is 9.70. The smallest absolute Gasteiger partial charge is 0.398 e. The molecule has 4 nitrogen and oxygen atoms in total. The summed E-state index contributed by atoms with van der Waals surface area (Å²) in [6, 6.07) is 0. The van der Waals surface area contributed by atoms with Gasteiger partial charge in [0.1, 0.15) is 13.6 Å². The van der Waals surface area contributed by atoms with E-state index in [0.717, 1.165) is 31.5 Å². The van der Waals surface area contributed by atoms with Gasteiger partial charge in [0.2, 0.25) is 0 Å². The predicted molar refractivity (Wildman–Crippen MR) is 190 cm³/mol. The number of allylic oxidation sites excluding steroid dienone is 16. The van der Waals surface area contributed by atoms with Crippen LogP contribution >= 0.6 is 0 Å². The number of methoxy groups -OCH3 is 1. The lowest BCUT2D eigenvalue weighted by atomic mass is 9.65. The van der Waals surface area contributed by atoms with Crippen molar-refractivity contribution in [2.24, 2.45) is 35.5 Å². The van der Waals surface area contributed by atoms with E-state index >= 15 is 0 Å². The summed E-state index contributed by atoms with van der Waals surface area (Å²) >= 11 is 0. The fourth-order valence-corrected chi connectivity index (χ4v) is 8.60. The molecule has 0 bridgehead atoms. The predicted octanol–water partition coefficient (Wildman–Crippen LogP) is 8.82. The molecule has 4 aliphatic carbocycles. The van der Waals surface area contributed by atoms with Crippen molar-refractivity contribution in [3.05, 3.63) is 108 Å². The molecule has 0 amide bonds. The number of esters is 1. The topological polar surface area (TPSA) is 32.3 Å². The first-order chi connectivity index (χ1) is 22.5. The van der Waals surface area contributed by atoms with Crippen LogP contribution in [0.5, 0.6) is 0 Å². The van der Waals surface area contributed by atoms with Gasteiger partial charge in [-0.2, -0.15) is 4.58 Å². The molecule has 0 fully saturated rings. The molecule has 0 radical (unpaired) electrons. The molecule has 0 spiro atoms. The monoisotopic (exact) mass is 618 g/mol. The quantitative estimate of drug-likeness (QED) is 0.124. The van der Waals surface area contributed by atoms with E-state index in [4.69, 9.17) is 4.74 Å². The van der Waals surface area contributed by atoms with Gasteiger partial charge in [-0.05, 0) is 54.9 Å². The molecule has 0 saturated carbocycles. The van der Waals surface area contributed by atoms with Crippen LogP contribution in [0.2, 0.25) is 0 Å². The number of ether oxygens (including phenoxy) is 1. The molecule has 0 saturated heterocycles. The van der Waals surface area contributed by atoms with Crippen molar-refractivity contribution in [3.63, 3.8) is 0 Å². The van der Waals surface area contributed by atoms with Crippen molar-refractivity contribution in [2.45, 2.75) is 78.1 Å². The molecule has 4 heteroatoms. The fraction of sp³-hybridized carbons (Fsp3) is 0.500. The van der Waals surface area contributed by atoms with Crippen molar-refractivity contribution in [3.8, 4) is 0 Å². The van der Waals surface area contributed by atoms with E-state index in [2.05, 4.69) is 115 Å². The molecule has 6 aliphatic rings. The molecule has 0 aromatic carbocycles. The van der Waals surface area contributed by atoms with Gasteiger partial charge in [0.15, 0.2) is 18.1 Å². The molecule has 6 atom stereocenters. The minimum atomic E-state index is -0.198. The maximum atomic E-state index is 12.6. The van der Waals surface area contributed by atoms with Crippen LogP contribution in [0.4, 0.5) is 0 Å². The highest BCUT2D eigenvalue weighted by Gasteiger charge is 2.43. The number of hydrogen-bond acceptors (Lipinski definition) is 2. The first-order valence-corrected chi connectivity index (χ1v) is 18.1. The Kier molecular flexibility index (Phi) is 10.5. The number of nitrogens with zero attached hydrogens (tertiary/aromatic N) is 2. The Balaban J connectivity index is 1.26. The zero-order chi connectivity index (χ0) is 32.0. The molecule has 6 rings (SSSR count). The number of carbonyl (C=O) groups is 1. The number of rotatable bonds is 12. The number of unbranched alkanes of at least 4 members (excludes halogenated alkanes) is 3. The zero-order valence-electron chi connectivity index (χ0n) is 28.5. The fourth-order valence-electron chi connectivity index (χ4n) is 8.60. The van der Waals surface area contributed by atoms with Gasteiger partial charge in [0.05, 0.1) is 13.0 Å². The van der Waals surface area contributed by atoms with E-state index in [9.17, 15) is 4.79 Å². The molecular weight excluding hydrogens is 564 g/mol. The number of carbonyl (C=O) groups excluding carboxylic acids is 1. The Bertz CT molecular complexity index is 1530. The summed E-state index contributed by atoms with van der Waals surface area (Å²) in [7, 11) is 3.72. The molecule has 6 unspecified atom stereocenters. The van der Waals surface area contributed by atoms with E-state index in [0.29, 0.717) is 35.5 Å². The van der Waals surface area contributed by atoms with E-state index in [-0.39, 0.29) is 5.97 Å². The lowest BCUT2D eigenvalue weighted by molar-refractivity contribution is -0.461. The van der Waals surface area contributed by atoms with Crippen LogP contribution in [0.3, 0.4) is 0 Å². The third-order valence-electron chi connectivity index (χ3n) is 11.1. The number of fused-ring (bicyclic) bond motifs is 4. The van der Waals surface area contributed by atoms with Crippen LogP contribution in [-0.4, -0.2) is 47.2 Å². The minimum Gasteiger partial charge on any atom is -0.461 e. The summed E-state index contributed by atoms with van der Waals surface area (Å²) in [5, 5.41) is 0. The third kappa shape index (κ3) is 6.64. The average molecular weight is 619 g/mol. The Morgan fingerprint density at radius 3 is 2.52 bits per heavy atom. The summed E-state index contributed by atoms with van der Waals surface area (Å²) in [6.07, 6.45) is 44.8. The second-order valence-corrected chi connectivity index (χ2v) is 13.9. The maximum absolute atomic E-state index is 12.6. The van der Waals surface area contributed by atoms with Crippen molar-refractivity contribution in [1.82, 2.24) is 0 Å². The molecule has 2 aliphatic heterocycles. The molecule has 46 heavy (non-hydrogen) atoms. The zero-order valence-corrected chi connectivity index (χ0v) is 28.5. The lowest BCUT2D eigenvalue weighted by Gasteiger charge is -2.38. The average Bonchev–Trinajstić information content (AvgIpc) is 3.09. The van der Waals surface area contributed by atoms with Crippen LogP contribution < -0.4 is 0 Å². The first kappa shape index (κ1) is 32.4. The summed E-state index contributed by atoms with van der Waals surface area (Å²) in [5.41, 5.74) is 8.19. The SMILES string of the molecule is CCCCCC1=CC2C=CC3=C(C=CC4C(C5=CC=CC(CCCC)C5CC[N+]5=C(C(=O)OC)CCC=C5)=[N+](C)C=CC34)C2C=C1. The normalized spacial score (nSPS) is 29.5. The molecule has 2 heterocycles. The van der Waals surface area contributed by atoms with Gasteiger partial charge < -0.3 is 4.74 Å². The lowest BCUT2D eigenvalue weighted by Crippen LogP contribution is -2.39. The van der Waals surface area contributed by atoms with Crippen LogP contribution in [0.1, 0.15) is 78.1 Å². The van der Waals surface area contributed by atoms with Gasteiger partial charge in [-0.3, -0.25) is 0 Å². The Hall–Kier alpha value is -3.53. The van der Waals surface area contributed by atoms with Gasteiger partial charge in [0, 0.05) is 42.1 Å². The van der Waals surface area contributed by atoms with Crippen molar-refractivity contribution in [1.29, 1.82) is 0 Å². The second-order valence-electron chi connectivity index (χ2n) is 13.9. The molecular formula is C42H54N2O2+2. The highest BCUT2D eigenvalue weighted by molar-refractivity contribution is 6.34. The first-order valence-electron chi connectivity index (χ1n) is 18.1.